The van der Waals surface area contributed by atoms with E-state index in [4.69, 9.17) is 11.6 Å². The van der Waals surface area contributed by atoms with Crippen LogP contribution in [0.3, 0.4) is 0 Å². The van der Waals surface area contributed by atoms with Gasteiger partial charge in [0.1, 0.15) is 5.82 Å². The molecule has 1 unspecified atom stereocenters. The number of Topliss-reactive ketones (excluding diaryl/α,β-unsaturated/α-hetero) is 1. The first-order chi connectivity index (χ1) is 15.8. The van der Waals surface area contributed by atoms with Gasteiger partial charge in [-0.2, -0.15) is 0 Å². The number of halogens is 1. The molecule has 8 heteroatoms. The fraction of sp³-hybridized carbons (Fsp3) is 0.240. The number of nitrogens with zero attached hydrogens (tertiary/aromatic N) is 1. The summed E-state index contributed by atoms with van der Waals surface area (Å²) in [4.78, 5) is 30.2. The highest BCUT2D eigenvalue weighted by Crippen LogP contribution is 2.33. The number of ketones is 1. The second-order valence-electron chi connectivity index (χ2n) is 7.97. The molecule has 33 heavy (non-hydrogen) atoms. The van der Waals surface area contributed by atoms with Crippen LogP contribution in [0, 0.1) is 0 Å². The second-order valence-corrected chi connectivity index (χ2v) is 10.7. The summed E-state index contributed by atoms with van der Waals surface area (Å²) in [6, 6.07) is 17.0. The van der Waals surface area contributed by atoms with E-state index in [0.717, 1.165) is 5.56 Å². The molecule has 4 rings (SSSR count). The van der Waals surface area contributed by atoms with Gasteiger partial charge in [-0.3, -0.25) is 9.59 Å². The minimum absolute atomic E-state index is 0.0195. The minimum Gasteiger partial charge on any atom is -0.310 e. The molecule has 0 spiro atoms. The zero-order valence-electron chi connectivity index (χ0n) is 18.0. The lowest BCUT2D eigenvalue weighted by Crippen LogP contribution is -2.23. The summed E-state index contributed by atoms with van der Waals surface area (Å²) in [5.74, 6) is -0.0567. The molecular weight excluding hydrogens is 460 g/mol. The van der Waals surface area contributed by atoms with Crippen LogP contribution in [0.1, 0.15) is 46.4 Å². The number of hydrogen-bond donors (Lipinski definition) is 1. The normalized spacial score (nSPS) is 15.7. The van der Waals surface area contributed by atoms with Gasteiger partial charge >= 0.3 is 0 Å². The van der Waals surface area contributed by atoms with Crippen molar-refractivity contribution in [3.63, 3.8) is 0 Å². The molecule has 1 heterocycles. The van der Waals surface area contributed by atoms with Crippen LogP contribution in [0.4, 0.5) is 5.82 Å². The number of carbonyl (C=O) groups is 2. The summed E-state index contributed by atoms with van der Waals surface area (Å²) in [6.07, 6.45) is 1.36. The Bertz CT molecular complexity index is 1300. The topological polar surface area (TPSA) is 93.2 Å². The summed E-state index contributed by atoms with van der Waals surface area (Å²) in [6.45, 7) is 1.59. The van der Waals surface area contributed by atoms with Gasteiger partial charge in [0.2, 0.25) is 5.91 Å². The van der Waals surface area contributed by atoms with Crippen molar-refractivity contribution in [3.8, 4) is 0 Å². The Morgan fingerprint density at radius 2 is 1.76 bits per heavy atom. The molecule has 0 bridgehead atoms. The van der Waals surface area contributed by atoms with Crippen LogP contribution in [-0.2, 0) is 27.5 Å². The summed E-state index contributed by atoms with van der Waals surface area (Å²) in [7, 11) is -3.27. The summed E-state index contributed by atoms with van der Waals surface area (Å²) in [5.41, 5.74) is 2.88. The molecule has 3 aromatic rings. The monoisotopic (exact) mass is 482 g/mol. The Labute approximate surface area is 197 Å². The highest BCUT2D eigenvalue weighted by Gasteiger charge is 2.29. The second kappa shape index (κ2) is 9.45. The molecule has 170 valence electrons. The Balaban J connectivity index is 1.43. The van der Waals surface area contributed by atoms with Crippen molar-refractivity contribution in [3.05, 3.63) is 88.1 Å². The zero-order valence-corrected chi connectivity index (χ0v) is 19.6. The Morgan fingerprint density at radius 1 is 1.06 bits per heavy atom. The molecule has 0 radical (unpaired) electrons. The molecule has 1 aliphatic rings. The SMILES string of the molecule is CCS(=O)(=O)c1ccc(CC(=O)Nc2ccc3c(n2)CCC(c2ccc(Cl)cc2)C3=O)cc1. The number of aromatic nitrogens is 1. The number of anilines is 1. The third-order valence-electron chi connectivity index (χ3n) is 5.79. The van der Waals surface area contributed by atoms with Crippen LogP contribution in [0.5, 0.6) is 0 Å². The molecule has 1 atom stereocenters. The van der Waals surface area contributed by atoms with Gasteiger partial charge in [0.25, 0.3) is 0 Å². The lowest BCUT2D eigenvalue weighted by atomic mass is 9.81. The lowest BCUT2D eigenvalue weighted by molar-refractivity contribution is -0.115. The fourth-order valence-electron chi connectivity index (χ4n) is 3.95. The Kier molecular flexibility index (Phi) is 6.63. The Hall–Kier alpha value is -3.03. The van der Waals surface area contributed by atoms with Gasteiger partial charge in [-0.25, -0.2) is 13.4 Å². The third-order valence-corrected chi connectivity index (χ3v) is 7.80. The molecule has 1 aromatic heterocycles. The summed E-state index contributed by atoms with van der Waals surface area (Å²) in [5, 5.41) is 3.40. The van der Waals surface area contributed by atoms with E-state index in [0.29, 0.717) is 40.5 Å². The standard InChI is InChI=1S/C25H23ClN2O4S/c1-2-33(31,32)19-9-3-16(4-10-19)15-24(29)28-23-14-12-21-22(27-23)13-11-20(25(21)30)17-5-7-18(26)8-6-17/h3-10,12,14,20H,2,11,13,15H2,1H3,(H,27,28,29). The number of amides is 1. The van der Waals surface area contributed by atoms with E-state index in [1.165, 1.54) is 12.1 Å². The fourth-order valence-corrected chi connectivity index (χ4v) is 4.96. The van der Waals surface area contributed by atoms with Crippen LogP contribution in [-0.4, -0.2) is 30.8 Å². The molecule has 2 aromatic carbocycles. The van der Waals surface area contributed by atoms with Gasteiger partial charge in [0, 0.05) is 16.5 Å². The van der Waals surface area contributed by atoms with Crippen LogP contribution in [0.2, 0.25) is 5.02 Å². The largest absolute Gasteiger partial charge is 0.310 e. The van der Waals surface area contributed by atoms with E-state index < -0.39 is 9.84 Å². The number of sulfone groups is 1. The number of benzene rings is 2. The molecular formula is C25H23ClN2O4S. The first-order valence-corrected chi connectivity index (χ1v) is 12.7. The van der Waals surface area contributed by atoms with Crippen molar-refractivity contribution in [2.75, 3.05) is 11.1 Å². The predicted molar refractivity (Wildman–Crippen MR) is 128 cm³/mol. The maximum atomic E-state index is 13.0. The average molecular weight is 483 g/mol. The van der Waals surface area contributed by atoms with Gasteiger partial charge < -0.3 is 5.32 Å². The first kappa shape index (κ1) is 23.1. The van der Waals surface area contributed by atoms with Crippen LogP contribution >= 0.6 is 11.6 Å². The van der Waals surface area contributed by atoms with E-state index in [1.54, 1.807) is 43.3 Å². The summed E-state index contributed by atoms with van der Waals surface area (Å²) >= 11 is 5.96. The lowest BCUT2D eigenvalue weighted by Gasteiger charge is -2.23. The van der Waals surface area contributed by atoms with Gasteiger partial charge in [-0.1, -0.05) is 42.8 Å². The molecule has 1 N–H and O–H groups in total. The van der Waals surface area contributed by atoms with Crippen molar-refractivity contribution in [2.45, 2.75) is 37.0 Å². The average Bonchev–Trinajstić information content (AvgIpc) is 2.80. The quantitative estimate of drug-likeness (QED) is 0.553. The van der Waals surface area contributed by atoms with Crippen molar-refractivity contribution in [1.29, 1.82) is 0 Å². The minimum atomic E-state index is -3.27. The molecule has 0 saturated carbocycles. The maximum absolute atomic E-state index is 13.0. The highest BCUT2D eigenvalue weighted by molar-refractivity contribution is 7.91. The number of fused-ring (bicyclic) bond motifs is 1. The van der Waals surface area contributed by atoms with Gasteiger partial charge in [0.15, 0.2) is 15.6 Å². The molecule has 0 saturated heterocycles. The summed E-state index contributed by atoms with van der Waals surface area (Å²) < 4.78 is 23.8. The molecule has 1 amide bonds. The first-order valence-electron chi connectivity index (χ1n) is 10.7. The van der Waals surface area contributed by atoms with Crippen molar-refractivity contribution in [1.82, 2.24) is 4.98 Å². The highest BCUT2D eigenvalue weighted by atomic mass is 35.5. The van der Waals surface area contributed by atoms with Crippen molar-refractivity contribution >= 4 is 38.9 Å². The van der Waals surface area contributed by atoms with Crippen LogP contribution in [0.15, 0.2) is 65.6 Å². The number of carbonyl (C=O) groups excluding carboxylic acids is 2. The molecule has 6 nitrogen and oxygen atoms in total. The smallest absolute Gasteiger partial charge is 0.229 e. The third kappa shape index (κ3) is 5.15. The van der Waals surface area contributed by atoms with Crippen LogP contribution in [0.25, 0.3) is 0 Å². The number of hydrogen-bond acceptors (Lipinski definition) is 5. The van der Waals surface area contributed by atoms with Crippen molar-refractivity contribution in [2.24, 2.45) is 0 Å². The van der Waals surface area contributed by atoms with Gasteiger partial charge in [0.05, 0.1) is 22.8 Å². The number of pyridine rings is 1. The maximum Gasteiger partial charge on any atom is 0.229 e. The molecule has 0 fully saturated rings. The number of aryl methyl sites for hydroxylation is 1. The van der Waals surface area contributed by atoms with E-state index in [1.807, 2.05) is 12.1 Å². The van der Waals surface area contributed by atoms with Crippen LogP contribution < -0.4 is 5.32 Å². The van der Waals surface area contributed by atoms with E-state index in [2.05, 4.69) is 10.3 Å². The zero-order chi connectivity index (χ0) is 23.6. The van der Waals surface area contributed by atoms with E-state index >= 15 is 0 Å². The van der Waals surface area contributed by atoms with E-state index in [-0.39, 0.29) is 34.7 Å². The number of nitrogens with one attached hydrogen (secondary N) is 1. The van der Waals surface area contributed by atoms with Gasteiger partial charge in [-0.15, -0.1) is 0 Å². The van der Waals surface area contributed by atoms with Crippen molar-refractivity contribution < 1.29 is 18.0 Å². The van der Waals surface area contributed by atoms with Gasteiger partial charge in [-0.05, 0) is 60.4 Å². The number of rotatable bonds is 6. The Morgan fingerprint density at radius 3 is 2.42 bits per heavy atom. The molecule has 0 aliphatic heterocycles. The molecule has 1 aliphatic carbocycles. The predicted octanol–water partition coefficient (Wildman–Crippen LogP) is 4.62. The van der Waals surface area contributed by atoms with E-state index in [9.17, 15) is 18.0 Å².